The van der Waals surface area contributed by atoms with Crippen LogP contribution in [-0.4, -0.2) is 56.6 Å². The highest BCUT2D eigenvalue weighted by atomic mass is 35.5. The minimum absolute atomic E-state index is 0.0363. The third-order valence-electron chi connectivity index (χ3n) is 6.02. The van der Waals surface area contributed by atoms with E-state index in [4.69, 9.17) is 16.3 Å². The molecule has 1 aliphatic rings. The Morgan fingerprint density at radius 1 is 1.30 bits per heavy atom. The number of nitrogens with zero attached hydrogens (tertiary/aromatic N) is 5. The number of fused-ring (bicyclic) bond motifs is 2. The number of aromatic nitrogens is 4. The topological polar surface area (TPSA) is 87.2 Å². The van der Waals surface area contributed by atoms with E-state index in [2.05, 4.69) is 31.6 Å². The number of ether oxygens (including phenoxy) is 1. The number of carbonyl (C=O) groups is 1. The Bertz CT molecular complexity index is 1380. The quantitative estimate of drug-likeness (QED) is 0.450. The van der Waals surface area contributed by atoms with Crippen LogP contribution < -0.4 is 9.64 Å². The van der Waals surface area contributed by atoms with Gasteiger partial charge in [-0.25, -0.2) is 9.97 Å². The Hall–Kier alpha value is -3.65. The van der Waals surface area contributed by atoms with Crippen LogP contribution in [0.5, 0.6) is 11.5 Å². The highest BCUT2D eigenvalue weighted by Gasteiger charge is 2.28. The van der Waals surface area contributed by atoms with Crippen LogP contribution >= 0.6 is 11.6 Å². The zero-order valence-electron chi connectivity index (χ0n) is 18.4. The smallest absolute Gasteiger partial charge is 0.246 e. The second-order valence-corrected chi connectivity index (χ2v) is 8.53. The molecule has 0 unspecified atom stereocenters. The molecule has 1 atom stereocenters. The van der Waals surface area contributed by atoms with E-state index in [0.717, 1.165) is 27.7 Å². The number of amides is 1. The maximum atomic E-state index is 12.1. The molecule has 2 aromatic heterocycles. The predicted octanol–water partition coefficient (Wildman–Crippen LogP) is 4.48. The maximum Gasteiger partial charge on any atom is 0.246 e. The number of aromatic amines is 1. The first-order valence-corrected chi connectivity index (χ1v) is 11.1. The normalized spacial score (nSPS) is 16.4. The Labute approximate surface area is 195 Å². The van der Waals surface area contributed by atoms with E-state index in [1.807, 2.05) is 43.0 Å². The molecule has 1 fully saturated rings. The molecule has 168 valence electrons. The van der Waals surface area contributed by atoms with Gasteiger partial charge in [0.15, 0.2) is 11.5 Å². The van der Waals surface area contributed by atoms with Crippen LogP contribution in [0, 0.1) is 6.92 Å². The second-order valence-electron chi connectivity index (χ2n) is 8.15. The summed E-state index contributed by atoms with van der Waals surface area (Å²) in [6.07, 6.45) is 4.61. The number of para-hydroxylation sites is 1. The first-order chi connectivity index (χ1) is 16.0. The zero-order valence-corrected chi connectivity index (χ0v) is 19.1. The van der Waals surface area contributed by atoms with Gasteiger partial charge in [0.05, 0.1) is 22.1 Å². The number of hydrogen-bond donors (Lipinski definition) is 1. The third kappa shape index (κ3) is 3.66. The van der Waals surface area contributed by atoms with Crippen LogP contribution in [-0.2, 0) is 4.79 Å². The molecule has 4 aromatic rings. The summed E-state index contributed by atoms with van der Waals surface area (Å²) in [7, 11) is 0. The molecule has 3 heterocycles. The fraction of sp³-hybridized carbons (Fsp3) is 0.250. The van der Waals surface area contributed by atoms with Crippen LogP contribution in [0.25, 0.3) is 21.8 Å². The lowest BCUT2D eigenvalue weighted by molar-refractivity contribution is -0.128. The van der Waals surface area contributed by atoms with E-state index in [0.29, 0.717) is 41.7 Å². The van der Waals surface area contributed by atoms with Crippen molar-refractivity contribution in [2.24, 2.45) is 0 Å². The van der Waals surface area contributed by atoms with Crippen molar-refractivity contribution in [3.63, 3.8) is 0 Å². The highest BCUT2D eigenvalue weighted by molar-refractivity contribution is 6.34. The van der Waals surface area contributed by atoms with Crippen molar-refractivity contribution < 1.29 is 9.53 Å². The van der Waals surface area contributed by atoms with Crippen LogP contribution in [0.2, 0.25) is 5.02 Å². The average molecular weight is 463 g/mol. The van der Waals surface area contributed by atoms with Crippen molar-refractivity contribution in [2.45, 2.75) is 19.9 Å². The van der Waals surface area contributed by atoms with E-state index in [-0.39, 0.29) is 11.9 Å². The van der Waals surface area contributed by atoms with Gasteiger partial charge in [-0.05, 0) is 43.7 Å². The lowest BCUT2D eigenvalue weighted by Crippen LogP contribution is -2.54. The number of rotatable bonds is 4. The molecule has 1 aliphatic heterocycles. The van der Waals surface area contributed by atoms with E-state index >= 15 is 0 Å². The minimum atomic E-state index is -0.0500. The van der Waals surface area contributed by atoms with Crippen molar-refractivity contribution in [2.75, 3.05) is 24.5 Å². The summed E-state index contributed by atoms with van der Waals surface area (Å²) in [6.45, 7) is 9.49. The van der Waals surface area contributed by atoms with Crippen LogP contribution in [0.3, 0.4) is 0 Å². The molecule has 0 bridgehead atoms. The number of anilines is 1. The second kappa shape index (κ2) is 8.37. The number of benzene rings is 2. The summed E-state index contributed by atoms with van der Waals surface area (Å²) >= 11 is 6.60. The van der Waals surface area contributed by atoms with Crippen molar-refractivity contribution in [3.05, 3.63) is 60.0 Å². The molecule has 0 spiro atoms. The largest absolute Gasteiger partial charge is 0.453 e. The number of hydrogen-bond acceptors (Lipinski definition) is 6. The van der Waals surface area contributed by atoms with E-state index in [9.17, 15) is 4.79 Å². The first-order valence-electron chi connectivity index (χ1n) is 10.7. The molecule has 0 aliphatic carbocycles. The van der Waals surface area contributed by atoms with Gasteiger partial charge in [0.1, 0.15) is 17.7 Å². The Morgan fingerprint density at radius 3 is 2.94 bits per heavy atom. The van der Waals surface area contributed by atoms with Gasteiger partial charge in [-0.1, -0.05) is 24.2 Å². The zero-order chi connectivity index (χ0) is 23.1. The molecular weight excluding hydrogens is 440 g/mol. The average Bonchev–Trinajstić information content (AvgIpc) is 3.29. The predicted molar refractivity (Wildman–Crippen MR) is 129 cm³/mol. The van der Waals surface area contributed by atoms with E-state index in [1.165, 1.54) is 6.08 Å². The molecule has 8 nitrogen and oxygen atoms in total. The molecule has 1 amide bonds. The monoisotopic (exact) mass is 462 g/mol. The van der Waals surface area contributed by atoms with Gasteiger partial charge in [0, 0.05) is 31.1 Å². The lowest BCUT2D eigenvalue weighted by atomic mass is 10.1. The van der Waals surface area contributed by atoms with Crippen molar-refractivity contribution >= 4 is 45.1 Å². The lowest BCUT2D eigenvalue weighted by Gasteiger charge is -2.40. The molecule has 5 rings (SSSR count). The number of aryl methyl sites for hydroxylation is 1. The molecule has 33 heavy (non-hydrogen) atoms. The summed E-state index contributed by atoms with van der Waals surface area (Å²) in [5.74, 6) is 1.88. The van der Waals surface area contributed by atoms with Crippen molar-refractivity contribution in [3.8, 4) is 11.5 Å². The molecule has 1 saturated heterocycles. The summed E-state index contributed by atoms with van der Waals surface area (Å²) in [6, 6.07) is 7.75. The molecule has 2 aromatic carbocycles. The number of H-pyrrole nitrogens is 1. The summed E-state index contributed by atoms with van der Waals surface area (Å²) in [4.78, 5) is 25.2. The number of piperazine rings is 1. The highest BCUT2D eigenvalue weighted by Crippen LogP contribution is 2.40. The molecular formula is C24H23ClN6O2. The van der Waals surface area contributed by atoms with E-state index < -0.39 is 0 Å². The standard InChI is InChI=1S/C24H23ClN6O2/c1-4-20(32)31-9-8-30(12-15(31)3)24-16-6-5-7-19(22(16)26-13-27-24)33-23-17-11-28-29-18(17)10-14(2)21(23)25/h4-7,10-11,13,15H,1,8-9,12H2,2-3H3,(H,28,29)/t15-/m1/s1. The van der Waals surface area contributed by atoms with Crippen LogP contribution in [0.15, 0.2) is 49.4 Å². The van der Waals surface area contributed by atoms with Gasteiger partial charge < -0.3 is 14.5 Å². The van der Waals surface area contributed by atoms with Gasteiger partial charge in [-0.15, -0.1) is 0 Å². The molecule has 9 heteroatoms. The molecule has 0 radical (unpaired) electrons. The van der Waals surface area contributed by atoms with Gasteiger partial charge in [0.25, 0.3) is 0 Å². The molecule has 0 saturated carbocycles. The fourth-order valence-electron chi connectivity index (χ4n) is 4.35. The summed E-state index contributed by atoms with van der Waals surface area (Å²) in [5.41, 5.74) is 2.43. The Kier molecular flexibility index (Phi) is 5.38. The van der Waals surface area contributed by atoms with Gasteiger partial charge >= 0.3 is 0 Å². The third-order valence-corrected chi connectivity index (χ3v) is 6.49. The van der Waals surface area contributed by atoms with E-state index in [1.54, 1.807) is 12.5 Å². The Balaban J connectivity index is 1.53. The summed E-state index contributed by atoms with van der Waals surface area (Å²) in [5, 5.41) is 9.30. The number of nitrogens with one attached hydrogen (secondary N) is 1. The van der Waals surface area contributed by atoms with Gasteiger partial charge in [-0.2, -0.15) is 5.10 Å². The van der Waals surface area contributed by atoms with Gasteiger partial charge in [-0.3, -0.25) is 9.89 Å². The van der Waals surface area contributed by atoms with Crippen LogP contribution in [0.1, 0.15) is 12.5 Å². The SMILES string of the molecule is C=CC(=O)N1CCN(c2ncnc3c(Oc4c(Cl)c(C)cc5[nH]ncc45)cccc23)C[C@H]1C. The summed E-state index contributed by atoms with van der Waals surface area (Å²) < 4.78 is 6.34. The molecule has 1 N–H and O–H groups in total. The number of halogens is 1. The number of carbonyl (C=O) groups excluding carboxylic acids is 1. The maximum absolute atomic E-state index is 12.1. The van der Waals surface area contributed by atoms with Crippen molar-refractivity contribution in [1.29, 1.82) is 0 Å². The minimum Gasteiger partial charge on any atom is -0.453 e. The van der Waals surface area contributed by atoms with Gasteiger partial charge in [0.2, 0.25) is 5.91 Å². The van der Waals surface area contributed by atoms with Crippen molar-refractivity contribution in [1.82, 2.24) is 25.1 Å². The van der Waals surface area contributed by atoms with Crippen LogP contribution in [0.4, 0.5) is 5.82 Å². The first kappa shape index (κ1) is 21.2. The Morgan fingerprint density at radius 2 is 2.15 bits per heavy atom. The fourth-order valence-corrected chi connectivity index (χ4v) is 4.54.